The molecule has 0 unspecified atom stereocenters. The van der Waals surface area contributed by atoms with Gasteiger partial charge in [-0.15, -0.1) is 0 Å². The molecule has 0 aromatic heterocycles. The molecule has 0 amide bonds. The van der Waals surface area contributed by atoms with Gasteiger partial charge in [0.25, 0.3) is 0 Å². The Morgan fingerprint density at radius 3 is 2.60 bits per heavy atom. The molecule has 0 aromatic rings. The molecule has 0 radical (unpaired) electrons. The molecule has 114 valence electrons. The van der Waals surface area contributed by atoms with Gasteiger partial charge in [0, 0.05) is 23.9 Å². The number of hydrogen-bond acceptors (Lipinski definition) is 5. The summed E-state index contributed by atoms with van der Waals surface area (Å²) in [5, 5.41) is 21.1. The highest BCUT2D eigenvalue weighted by molar-refractivity contribution is 5.90. The van der Waals surface area contributed by atoms with Gasteiger partial charge in [0.05, 0.1) is 5.60 Å². The van der Waals surface area contributed by atoms with Crippen molar-refractivity contribution in [1.82, 2.24) is 5.32 Å². The molecule has 2 aliphatic carbocycles. The van der Waals surface area contributed by atoms with Gasteiger partial charge in [-0.25, -0.2) is 0 Å². The van der Waals surface area contributed by atoms with Gasteiger partial charge < -0.3 is 20.9 Å². The van der Waals surface area contributed by atoms with E-state index in [4.69, 9.17) is 15.9 Å². The van der Waals surface area contributed by atoms with Crippen molar-refractivity contribution in [3.63, 3.8) is 0 Å². The summed E-state index contributed by atoms with van der Waals surface area (Å²) in [6.45, 7) is 2.09. The average Bonchev–Trinajstić information content (AvgIpc) is 2.41. The predicted molar refractivity (Wildman–Crippen MR) is 79.6 cm³/mol. The summed E-state index contributed by atoms with van der Waals surface area (Å²) in [6.07, 6.45) is 8.75. The number of rotatable bonds is 5. The first-order valence-electron chi connectivity index (χ1n) is 7.61. The predicted octanol–water partition coefficient (Wildman–Crippen LogP) is 1.66. The van der Waals surface area contributed by atoms with Crippen molar-refractivity contribution < 1.29 is 9.84 Å². The molecule has 0 bridgehead atoms. The molecule has 0 saturated heterocycles. The number of nitrogens with one attached hydrogen (secondary N) is 2. The second-order valence-electron chi connectivity index (χ2n) is 6.30. The summed E-state index contributed by atoms with van der Waals surface area (Å²) in [5.41, 5.74) is 5.95. The molecule has 20 heavy (non-hydrogen) atoms. The SMILES string of the molecule is C/C(=C/N[C@H]1CC[C@H](N)CC1)C(=N)OCC1(O)CCC1. The van der Waals surface area contributed by atoms with Gasteiger partial charge in [-0.05, 0) is 51.9 Å². The van der Waals surface area contributed by atoms with Crippen LogP contribution in [0.5, 0.6) is 0 Å². The molecular formula is C15H27N3O2. The van der Waals surface area contributed by atoms with E-state index in [1.54, 1.807) is 0 Å². The molecule has 2 aliphatic rings. The number of aliphatic hydroxyl groups is 1. The van der Waals surface area contributed by atoms with Crippen LogP contribution >= 0.6 is 0 Å². The minimum Gasteiger partial charge on any atom is -0.475 e. The van der Waals surface area contributed by atoms with Gasteiger partial charge in [-0.2, -0.15) is 0 Å². The Labute approximate surface area is 121 Å². The Hall–Kier alpha value is -1.07. The van der Waals surface area contributed by atoms with E-state index >= 15 is 0 Å². The minimum absolute atomic E-state index is 0.144. The Balaban J connectivity index is 1.70. The Bertz CT molecular complexity index is 369. The van der Waals surface area contributed by atoms with E-state index in [2.05, 4.69) is 5.32 Å². The lowest BCUT2D eigenvalue weighted by atomic mass is 9.81. The summed E-state index contributed by atoms with van der Waals surface area (Å²) in [5.74, 6) is 0.144. The van der Waals surface area contributed by atoms with E-state index in [1.165, 1.54) is 0 Å². The Morgan fingerprint density at radius 1 is 1.40 bits per heavy atom. The monoisotopic (exact) mass is 281 g/mol. The Morgan fingerprint density at radius 2 is 2.05 bits per heavy atom. The first-order chi connectivity index (χ1) is 9.48. The van der Waals surface area contributed by atoms with Crippen LogP contribution in [0.25, 0.3) is 0 Å². The van der Waals surface area contributed by atoms with Crippen LogP contribution in [0.3, 0.4) is 0 Å². The minimum atomic E-state index is -0.695. The van der Waals surface area contributed by atoms with Crippen LogP contribution in [0.4, 0.5) is 0 Å². The fourth-order valence-corrected chi connectivity index (χ4v) is 2.64. The number of nitrogens with two attached hydrogens (primary N) is 1. The lowest BCUT2D eigenvalue weighted by Crippen LogP contribution is -2.42. The standard InChI is InChI=1S/C15H27N3O2/c1-11(9-18-13-5-3-12(16)4-6-13)14(17)20-10-15(19)7-2-8-15/h9,12-13,17-19H,2-8,10,16H2,1H3/b11-9-,17-14?/t12-,13-. The van der Waals surface area contributed by atoms with Gasteiger partial charge >= 0.3 is 0 Å². The highest BCUT2D eigenvalue weighted by Crippen LogP contribution is 2.31. The molecule has 5 heteroatoms. The lowest BCUT2D eigenvalue weighted by Gasteiger charge is -2.36. The van der Waals surface area contributed by atoms with Crippen molar-refractivity contribution in [2.24, 2.45) is 5.73 Å². The van der Waals surface area contributed by atoms with Gasteiger partial charge in [0.15, 0.2) is 0 Å². The lowest BCUT2D eigenvalue weighted by molar-refractivity contribution is -0.0697. The molecule has 0 aromatic carbocycles. The Kier molecular flexibility index (Phi) is 5.05. The third kappa shape index (κ3) is 4.21. The highest BCUT2D eigenvalue weighted by atomic mass is 16.5. The maximum Gasteiger partial charge on any atom is 0.210 e. The van der Waals surface area contributed by atoms with E-state index < -0.39 is 5.60 Å². The van der Waals surface area contributed by atoms with Crippen LogP contribution in [0.2, 0.25) is 0 Å². The van der Waals surface area contributed by atoms with Crippen LogP contribution in [0.15, 0.2) is 11.8 Å². The van der Waals surface area contributed by atoms with Gasteiger partial charge in [0.1, 0.15) is 6.61 Å². The molecule has 0 spiro atoms. The molecular weight excluding hydrogens is 254 g/mol. The zero-order valence-corrected chi connectivity index (χ0v) is 12.3. The van der Waals surface area contributed by atoms with E-state index in [0.717, 1.165) is 50.5 Å². The van der Waals surface area contributed by atoms with Gasteiger partial charge in [-0.3, -0.25) is 5.41 Å². The van der Waals surface area contributed by atoms with Crippen molar-refractivity contribution >= 4 is 5.90 Å². The third-order valence-electron chi connectivity index (χ3n) is 4.43. The van der Waals surface area contributed by atoms with Crippen LogP contribution in [0, 0.1) is 5.41 Å². The van der Waals surface area contributed by atoms with Crippen molar-refractivity contribution in [2.45, 2.75) is 69.6 Å². The van der Waals surface area contributed by atoms with Gasteiger partial charge in [-0.1, -0.05) is 0 Å². The van der Waals surface area contributed by atoms with Crippen LogP contribution in [-0.4, -0.2) is 35.3 Å². The maximum absolute atomic E-state index is 9.93. The first-order valence-corrected chi connectivity index (χ1v) is 7.61. The summed E-state index contributed by atoms with van der Waals surface area (Å²) < 4.78 is 5.37. The van der Waals surface area contributed by atoms with Crippen LogP contribution in [0.1, 0.15) is 51.9 Å². The molecule has 0 atom stereocenters. The number of hydrogen-bond donors (Lipinski definition) is 4. The molecule has 2 saturated carbocycles. The molecule has 2 rings (SSSR count). The van der Waals surface area contributed by atoms with Gasteiger partial charge in [0.2, 0.25) is 5.90 Å². The summed E-state index contributed by atoms with van der Waals surface area (Å²) >= 11 is 0. The van der Waals surface area contributed by atoms with Crippen LogP contribution in [-0.2, 0) is 4.74 Å². The first kappa shape index (κ1) is 15.3. The average molecular weight is 281 g/mol. The quantitative estimate of drug-likeness (QED) is 0.455. The fraction of sp³-hybridized carbons (Fsp3) is 0.800. The summed E-state index contributed by atoms with van der Waals surface area (Å²) in [7, 11) is 0. The molecule has 2 fully saturated rings. The normalized spacial score (nSPS) is 29.4. The summed E-state index contributed by atoms with van der Waals surface area (Å²) in [6, 6.07) is 0.802. The highest BCUT2D eigenvalue weighted by Gasteiger charge is 2.35. The van der Waals surface area contributed by atoms with Crippen molar-refractivity contribution in [1.29, 1.82) is 5.41 Å². The zero-order chi connectivity index (χ0) is 14.6. The molecule has 5 nitrogen and oxygen atoms in total. The van der Waals surface area contributed by atoms with E-state index in [9.17, 15) is 5.11 Å². The third-order valence-corrected chi connectivity index (χ3v) is 4.43. The second-order valence-corrected chi connectivity index (χ2v) is 6.30. The topological polar surface area (TPSA) is 91.4 Å². The van der Waals surface area contributed by atoms with Crippen LogP contribution < -0.4 is 11.1 Å². The maximum atomic E-state index is 9.93. The van der Waals surface area contributed by atoms with E-state index in [1.807, 2.05) is 13.1 Å². The van der Waals surface area contributed by atoms with E-state index in [0.29, 0.717) is 12.1 Å². The number of ether oxygens (including phenoxy) is 1. The molecule has 5 N–H and O–H groups in total. The van der Waals surface area contributed by atoms with E-state index in [-0.39, 0.29) is 12.5 Å². The van der Waals surface area contributed by atoms with Crippen molar-refractivity contribution in [3.05, 3.63) is 11.8 Å². The summed E-state index contributed by atoms with van der Waals surface area (Å²) in [4.78, 5) is 0. The zero-order valence-electron chi connectivity index (χ0n) is 12.3. The smallest absolute Gasteiger partial charge is 0.210 e. The largest absolute Gasteiger partial charge is 0.475 e. The molecule has 0 heterocycles. The molecule has 0 aliphatic heterocycles. The fourth-order valence-electron chi connectivity index (χ4n) is 2.64. The van der Waals surface area contributed by atoms with Crippen molar-refractivity contribution in [2.75, 3.05) is 6.61 Å². The van der Waals surface area contributed by atoms with Crippen molar-refractivity contribution in [3.8, 4) is 0 Å². The second kappa shape index (κ2) is 6.59.